The van der Waals surface area contributed by atoms with Gasteiger partial charge in [-0.1, -0.05) is 11.6 Å². The SMILES string of the molecule is CC(C)n1ncc(Cl)c1C(N)c1cncs1. The van der Waals surface area contributed by atoms with Gasteiger partial charge in [-0.2, -0.15) is 5.10 Å². The number of nitrogens with two attached hydrogens (primary N) is 1. The van der Waals surface area contributed by atoms with E-state index in [0.29, 0.717) is 5.02 Å². The molecule has 1 atom stereocenters. The minimum atomic E-state index is -0.259. The molecule has 0 radical (unpaired) electrons. The second kappa shape index (κ2) is 4.53. The van der Waals surface area contributed by atoms with Gasteiger partial charge in [0.15, 0.2) is 0 Å². The van der Waals surface area contributed by atoms with Gasteiger partial charge < -0.3 is 5.73 Å². The van der Waals surface area contributed by atoms with Crippen molar-refractivity contribution in [2.75, 3.05) is 0 Å². The highest BCUT2D eigenvalue weighted by atomic mass is 35.5. The first-order valence-electron chi connectivity index (χ1n) is 4.98. The van der Waals surface area contributed by atoms with Crippen molar-refractivity contribution in [3.8, 4) is 0 Å². The molecule has 2 aromatic rings. The van der Waals surface area contributed by atoms with Crippen molar-refractivity contribution < 1.29 is 0 Å². The van der Waals surface area contributed by atoms with E-state index < -0.39 is 0 Å². The number of rotatable bonds is 3. The molecule has 0 saturated heterocycles. The second-order valence-corrected chi connectivity index (χ2v) is 5.12. The molecule has 2 N–H and O–H groups in total. The molecule has 6 heteroatoms. The molecule has 0 spiro atoms. The summed E-state index contributed by atoms with van der Waals surface area (Å²) in [5, 5.41) is 4.84. The van der Waals surface area contributed by atoms with Gasteiger partial charge in [-0.25, -0.2) is 0 Å². The Hall–Kier alpha value is -0.910. The zero-order chi connectivity index (χ0) is 11.7. The molecule has 0 saturated carbocycles. The third kappa shape index (κ3) is 1.98. The molecule has 0 aliphatic rings. The quantitative estimate of drug-likeness (QED) is 0.919. The highest BCUT2D eigenvalue weighted by molar-refractivity contribution is 7.09. The van der Waals surface area contributed by atoms with Gasteiger partial charge in [0, 0.05) is 17.1 Å². The minimum absolute atomic E-state index is 0.237. The highest BCUT2D eigenvalue weighted by Crippen LogP contribution is 2.29. The van der Waals surface area contributed by atoms with Gasteiger partial charge in [-0.05, 0) is 13.8 Å². The van der Waals surface area contributed by atoms with Crippen LogP contribution in [0.25, 0.3) is 0 Å². The van der Waals surface area contributed by atoms with E-state index in [1.165, 1.54) is 11.3 Å². The molecule has 0 fully saturated rings. The van der Waals surface area contributed by atoms with Crippen LogP contribution in [0.4, 0.5) is 0 Å². The van der Waals surface area contributed by atoms with Crippen molar-refractivity contribution in [3.63, 3.8) is 0 Å². The van der Waals surface area contributed by atoms with Crippen LogP contribution in [0.15, 0.2) is 17.9 Å². The lowest BCUT2D eigenvalue weighted by atomic mass is 10.2. The van der Waals surface area contributed by atoms with Gasteiger partial charge in [-0.3, -0.25) is 9.67 Å². The molecule has 4 nitrogen and oxygen atoms in total. The van der Waals surface area contributed by atoms with Gasteiger partial charge in [0.25, 0.3) is 0 Å². The lowest BCUT2D eigenvalue weighted by Gasteiger charge is -2.15. The Morgan fingerprint density at radius 3 is 2.75 bits per heavy atom. The van der Waals surface area contributed by atoms with E-state index in [9.17, 15) is 0 Å². The maximum atomic E-state index is 6.17. The molecule has 0 aliphatic heterocycles. The summed E-state index contributed by atoms with van der Waals surface area (Å²) in [6, 6.07) is -0.0219. The second-order valence-electron chi connectivity index (χ2n) is 3.80. The first-order valence-corrected chi connectivity index (χ1v) is 6.24. The molecule has 0 bridgehead atoms. The van der Waals surface area contributed by atoms with Crippen molar-refractivity contribution in [2.24, 2.45) is 5.73 Å². The average molecular weight is 257 g/mol. The number of aromatic nitrogens is 3. The molecular formula is C10H13ClN4S. The van der Waals surface area contributed by atoms with E-state index in [-0.39, 0.29) is 12.1 Å². The van der Waals surface area contributed by atoms with Gasteiger partial charge in [0.2, 0.25) is 0 Å². The average Bonchev–Trinajstić information content (AvgIpc) is 2.84. The smallest absolute Gasteiger partial charge is 0.0848 e. The summed E-state index contributed by atoms with van der Waals surface area (Å²) in [6.45, 7) is 4.10. The number of nitrogens with zero attached hydrogens (tertiary/aromatic N) is 3. The Balaban J connectivity index is 2.43. The molecule has 1 unspecified atom stereocenters. The molecule has 2 aromatic heterocycles. The van der Waals surface area contributed by atoms with Crippen LogP contribution in [0.3, 0.4) is 0 Å². The molecule has 2 rings (SSSR count). The standard InChI is InChI=1S/C10H13ClN4S/c1-6(2)15-10(7(11)3-14-15)9(12)8-4-13-5-16-8/h3-6,9H,12H2,1-2H3. The molecule has 16 heavy (non-hydrogen) atoms. The third-order valence-electron chi connectivity index (χ3n) is 2.33. The highest BCUT2D eigenvalue weighted by Gasteiger charge is 2.20. The van der Waals surface area contributed by atoms with E-state index in [1.807, 2.05) is 18.5 Å². The van der Waals surface area contributed by atoms with E-state index in [0.717, 1.165) is 10.6 Å². The third-order valence-corrected chi connectivity index (χ3v) is 3.48. The predicted molar refractivity (Wildman–Crippen MR) is 65.8 cm³/mol. The van der Waals surface area contributed by atoms with Crippen LogP contribution in [-0.2, 0) is 0 Å². The predicted octanol–water partition coefficient (Wildman–Crippen LogP) is 2.62. The fourth-order valence-corrected chi connectivity index (χ4v) is 2.44. The Morgan fingerprint density at radius 2 is 2.19 bits per heavy atom. The minimum Gasteiger partial charge on any atom is -0.318 e. The largest absolute Gasteiger partial charge is 0.318 e. The maximum Gasteiger partial charge on any atom is 0.0848 e. The zero-order valence-corrected chi connectivity index (χ0v) is 10.7. The van der Waals surface area contributed by atoms with E-state index in [4.69, 9.17) is 17.3 Å². The van der Waals surface area contributed by atoms with E-state index >= 15 is 0 Å². The van der Waals surface area contributed by atoms with Crippen molar-refractivity contribution in [2.45, 2.75) is 25.9 Å². The Morgan fingerprint density at radius 1 is 1.44 bits per heavy atom. The topological polar surface area (TPSA) is 56.7 Å². The van der Waals surface area contributed by atoms with Crippen LogP contribution in [0, 0.1) is 0 Å². The van der Waals surface area contributed by atoms with E-state index in [1.54, 1.807) is 17.9 Å². The first kappa shape index (κ1) is 11.6. The van der Waals surface area contributed by atoms with Gasteiger partial charge in [0.05, 0.1) is 28.5 Å². The molecule has 0 amide bonds. The van der Waals surface area contributed by atoms with Crippen molar-refractivity contribution in [3.05, 3.63) is 33.5 Å². The fourth-order valence-electron chi connectivity index (χ4n) is 1.57. The monoisotopic (exact) mass is 256 g/mol. The summed E-state index contributed by atoms with van der Waals surface area (Å²) in [4.78, 5) is 5.01. The van der Waals surface area contributed by atoms with Crippen molar-refractivity contribution in [1.29, 1.82) is 0 Å². The summed E-state index contributed by atoms with van der Waals surface area (Å²) in [6.07, 6.45) is 3.40. The Bertz CT molecular complexity index is 463. The number of hydrogen-bond donors (Lipinski definition) is 1. The molecule has 0 aromatic carbocycles. The molecule has 86 valence electrons. The number of thiazole rings is 1. The normalized spacial score (nSPS) is 13.3. The van der Waals surface area contributed by atoms with Gasteiger partial charge in [0.1, 0.15) is 0 Å². The van der Waals surface area contributed by atoms with Crippen LogP contribution in [-0.4, -0.2) is 14.8 Å². The van der Waals surface area contributed by atoms with Crippen LogP contribution < -0.4 is 5.73 Å². The molecule has 2 heterocycles. The Labute approximate surface area is 103 Å². The lowest BCUT2D eigenvalue weighted by Crippen LogP contribution is -2.18. The maximum absolute atomic E-state index is 6.17. The summed E-state index contributed by atoms with van der Waals surface area (Å²) in [7, 11) is 0. The summed E-state index contributed by atoms with van der Waals surface area (Å²) in [5.74, 6) is 0. The Kier molecular flexibility index (Phi) is 3.28. The van der Waals surface area contributed by atoms with Gasteiger partial charge >= 0.3 is 0 Å². The van der Waals surface area contributed by atoms with Crippen LogP contribution in [0.5, 0.6) is 0 Å². The first-order chi connectivity index (χ1) is 7.61. The molecule has 0 aliphatic carbocycles. The summed E-state index contributed by atoms with van der Waals surface area (Å²) >= 11 is 7.64. The van der Waals surface area contributed by atoms with Gasteiger partial charge in [-0.15, -0.1) is 11.3 Å². The number of halogens is 1. The van der Waals surface area contributed by atoms with Crippen LogP contribution in [0.1, 0.15) is 36.5 Å². The van der Waals surface area contributed by atoms with Crippen LogP contribution >= 0.6 is 22.9 Å². The van der Waals surface area contributed by atoms with E-state index in [2.05, 4.69) is 10.1 Å². The molecular weight excluding hydrogens is 244 g/mol. The zero-order valence-electron chi connectivity index (χ0n) is 9.09. The summed E-state index contributed by atoms with van der Waals surface area (Å²) in [5.41, 5.74) is 8.78. The van der Waals surface area contributed by atoms with Crippen molar-refractivity contribution in [1.82, 2.24) is 14.8 Å². The van der Waals surface area contributed by atoms with Crippen molar-refractivity contribution >= 4 is 22.9 Å². The summed E-state index contributed by atoms with van der Waals surface area (Å²) < 4.78 is 1.85. The number of hydrogen-bond acceptors (Lipinski definition) is 4. The fraction of sp³-hybridized carbons (Fsp3) is 0.400. The van der Waals surface area contributed by atoms with Crippen LogP contribution in [0.2, 0.25) is 5.02 Å². The lowest BCUT2D eigenvalue weighted by molar-refractivity contribution is 0.500.